The Bertz CT molecular complexity index is 1330. The summed E-state index contributed by atoms with van der Waals surface area (Å²) in [6.07, 6.45) is 1.50. The van der Waals surface area contributed by atoms with Crippen LogP contribution in [0.3, 0.4) is 0 Å². The highest BCUT2D eigenvalue weighted by molar-refractivity contribution is 5.94. The Morgan fingerprint density at radius 2 is 1.76 bits per heavy atom. The number of benzene rings is 3. The number of carbonyl (C=O) groups excluding carboxylic acids is 1. The lowest BCUT2D eigenvalue weighted by Crippen LogP contribution is -2.24. The van der Waals surface area contributed by atoms with Crippen molar-refractivity contribution in [2.45, 2.75) is 13.5 Å². The molecule has 4 aromatic rings. The van der Waals surface area contributed by atoms with E-state index in [1.807, 2.05) is 85.8 Å². The molecule has 0 aliphatic carbocycles. The molecule has 4 rings (SSSR count). The van der Waals surface area contributed by atoms with E-state index in [9.17, 15) is 9.59 Å². The Hall–Kier alpha value is -4.52. The fraction of sp³-hybridized carbons (Fsp3) is 0.0769. The van der Waals surface area contributed by atoms with Crippen LogP contribution in [0.25, 0.3) is 11.3 Å². The van der Waals surface area contributed by atoms with Crippen LogP contribution in [0.1, 0.15) is 27.2 Å². The minimum absolute atomic E-state index is 0.0647. The van der Waals surface area contributed by atoms with Gasteiger partial charge in [-0.3, -0.25) is 4.79 Å². The Balaban J connectivity index is 1.44. The number of rotatable bonds is 7. The molecule has 0 spiro atoms. The highest BCUT2D eigenvalue weighted by Crippen LogP contribution is 2.18. The first-order chi connectivity index (χ1) is 16.1. The Morgan fingerprint density at radius 3 is 2.55 bits per heavy atom. The number of nitrogens with zero attached hydrogens (tertiary/aromatic N) is 2. The van der Waals surface area contributed by atoms with E-state index in [4.69, 9.17) is 4.74 Å². The lowest BCUT2D eigenvalue weighted by molar-refractivity contribution is 0.0949. The third-order valence-corrected chi connectivity index (χ3v) is 4.86. The maximum absolute atomic E-state index is 12.5. The molecule has 0 fully saturated rings. The number of hydrogen-bond acceptors (Lipinski definition) is 5. The SMILES string of the molecule is Cc1ccc(COc2ccccc2/C=N/NC(=O)c2cc(-c3ccccc3)nc(=O)[nH]2)cc1. The van der Waals surface area contributed by atoms with Crippen LogP contribution >= 0.6 is 0 Å². The second-order valence-electron chi connectivity index (χ2n) is 7.36. The van der Waals surface area contributed by atoms with E-state index in [1.54, 1.807) is 0 Å². The highest BCUT2D eigenvalue weighted by Gasteiger charge is 2.10. The summed E-state index contributed by atoms with van der Waals surface area (Å²) in [4.78, 5) is 30.8. The average molecular weight is 438 g/mol. The van der Waals surface area contributed by atoms with Gasteiger partial charge in [-0.05, 0) is 30.7 Å². The minimum Gasteiger partial charge on any atom is -0.488 e. The number of aryl methyl sites for hydroxylation is 1. The molecule has 0 radical (unpaired) electrons. The zero-order valence-electron chi connectivity index (χ0n) is 18.0. The molecule has 1 heterocycles. The number of carbonyl (C=O) groups is 1. The largest absolute Gasteiger partial charge is 0.488 e. The molecule has 0 bridgehead atoms. The fourth-order valence-electron chi connectivity index (χ4n) is 3.12. The van der Waals surface area contributed by atoms with Crippen LogP contribution < -0.4 is 15.9 Å². The summed E-state index contributed by atoms with van der Waals surface area (Å²) in [7, 11) is 0. The fourth-order valence-corrected chi connectivity index (χ4v) is 3.12. The predicted octanol–water partition coefficient (Wildman–Crippen LogP) is 4.09. The molecule has 7 heteroatoms. The average Bonchev–Trinajstić information content (AvgIpc) is 2.84. The van der Waals surface area contributed by atoms with Crippen molar-refractivity contribution in [3.63, 3.8) is 0 Å². The van der Waals surface area contributed by atoms with Gasteiger partial charge in [-0.1, -0.05) is 72.3 Å². The van der Waals surface area contributed by atoms with Gasteiger partial charge < -0.3 is 9.72 Å². The molecule has 164 valence electrons. The van der Waals surface area contributed by atoms with Gasteiger partial charge in [0, 0.05) is 11.1 Å². The molecule has 0 aliphatic rings. The highest BCUT2D eigenvalue weighted by atomic mass is 16.5. The van der Waals surface area contributed by atoms with Gasteiger partial charge in [0.2, 0.25) is 0 Å². The van der Waals surface area contributed by atoms with Crippen molar-refractivity contribution in [2.24, 2.45) is 5.10 Å². The van der Waals surface area contributed by atoms with Crippen molar-refractivity contribution in [1.82, 2.24) is 15.4 Å². The van der Waals surface area contributed by atoms with Crippen molar-refractivity contribution < 1.29 is 9.53 Å². The first-order valence-electron chi connectivity index (χ1n) is 10.4. The topological polar surface area (TPSA) is 96.4 Å². The lowest BCUT2D eigenvalue weighted by atomic mass is 10.1. The molecule has 3 aromatic carbocycles. The second kappa shape index (κ2) is 10.2. The van der Waals surface area contributed by atoms with E-state index in [0.717, 1.165) is 11.1 Å². The third kappa shape index (κ3) is 5.80. The predicted molar refractivity (Wildman–Crippen MR) is 127 cm³/mol. The molecule has 0 aliphatic heterocycles. The zero-order valence-corrected chi connectivity index (χ0v) is 18.0. The van der Waals surface area contributed by atoms with Crippen molar-refractivity contribution in [1.29, 1.82) is 0 Å². The lowest BCUT2D eigenvalue weighted by Gasteiger charge is -2.09. The van der Waals surface area contributed by atoms with Gasteiger partial charge in [-0.25, -0.2) is 10.2 Å². The van der Waals surface area contributed by atoms with E-state index in [2.05, 4.69) is 20.5 Å². The van der Waals surface area contributed by atoms with Crippen molar-refractivity contribution >= 4 is 12.1 Å². The van der Waals surface area contributed by atoms with Gasteiger partial charge in [-0.2, -0.15) is 10.1 Å². The van der Waals surface area contributed by atoms with Gasteiger partial charge in [0.05, 0.1) is 11.9 Å². The Morgan fingerprint density at radius 1 is 1.03 bits per heavy atom. The van der Waals surface area contributed by atoms with Gasteiger partial charge >= 0.3 is 5.69 Å². The summed E-state index contributed by atoms with van der Waals surface area (Å²) in [5.41, 5.74) is 5.98. The van der Waals surface area contributed by atoms with Crippen LogP contribution in [0.15, 0.2) is 94.8 Å². The molecule has 7 nitrogen and oxygen atoms in total. The minimum atomic E-state index is -0.611. The molecule has 0 saturated carbocycles. The summed E-state index contributed by atoms with van der Waals surface area (Å²) >= 11 is 0. The molecule has 1 amide bonds. The van der Waals surface area contributed by atoms with Crippen LogP contribution in [0, 0.1) is 6.92 Å². The summed E-state index contributed by atoms with van der Waals surface area (Å²) in [6.45, 7) is 2.45. The molecule has 2 N–H and O–H groups in total. The zero-order chi connectivity index (χ0) is 23.0. The van der Waals surface area contributed by atoms with Crippen LogP contribution in [-0.2, 0) is 6.61 Å². The molecule has 33 heavy (non-hydrogen) atoms. The Kier molecular flexibility index (Phi) is 6.70. The van der Waals surface area contributed by atoms with E-state index >= 15 is 0 Å². The maximum Gasteiger partial charge on any atom is 0.346 e. The van der Waals surface area contributed by atoms with Crippen molar-refractivity contribution in [3.05, 3.63) is 118 Å². The summed E-state index contributed by atoms with van der Waals surface area (Å²) in [6, 6.07) is 26.2. The monoisotopic (exact) mass is 438 g/mol. The number of aromatic amines is 1. The van der Waals surface area contributed by atoms with Crippen LogP contribution in [0.2, 0.25) is 0 Å². The molecule has 0 atom stereocenters. The normalized spacial score (nSPS) is 10.8. The molecule has 0 saturated heterocycles. The number of nitrogens with one attached hydrogen (secondary N) is 2. The number of hydrogen-bond donors (Lipinski definition) is 2. The Labute approximate surface area is 190 Å². The third-order valence-electron chi connectivity index (χ3n) is 4.86. The van der Waals surface area contributed by atoms with Gasteiger partial charge in [0.15, 0.2) is 0 Å². The standard InChI is InChI=1S/C26H22N4O3/c1-18-11-13-19(14-12-18)17-33-24-10-6-5-9-21(24)16-27-30-25(31)23-15-22(28-26(32)29-23)20-7-3-2-4-8-20/h2-16H,17H2,1H3,(H,30,31)(H,28,29,32)/b27-16+. The van der Waals surface area contributed by atoms with Crippen molar-refractivity contribution in [3.8, 4) is 17.0 Å². The first-order valence-corrected chi connectivity index (χ1v) is 10.4. The smallest absolute Gasteiger partial charge is 0.346 e. The number of hydrazone groups is 1. The van der Waals surface area contributed by atoms with E-state index < -0.39 is 11.6 Å². The van der Waals surface area contributed by atoms with Gasteiger partial charge in [0.25, 0.3) is 5.91 Å². The van der Waals surface area contributed by atoms with E-state index in [1.165, 1.54) is 17.8 Å². The molecular weight excluding hydrogens is 416 g/mol. The molecule has 0 unspecified atom stereocenters. The van der Waals surface area contributed by atoms with Crippen LogP contribution in [0.4, 0.5) is 0 Å². The number of amides is 1. The molecule has 1 aromatic heterocycles. The van der Waals surface area contributed by atoms with Gasteiger partial charge in [0.1, 0.15) is 18.1 Å². The number of aromatic nitrogens is 2. The second-order valence-corrected chi connectivity index (χ2v) is 7.36. The quantitative estimate of drug-likeness (QED) is 0.336. The van der Waals surface area contributed by atoms with Crippen LogP contribution in [0.5, 0.6) is 5.75 Å². The van der Waals surface area contributed by atoms with Crippen LogP contribution in [-0.4, -0.2) is 22.1 Å². The number of ether oxygens (including phenoxy) is 1. The van der Waals surface area contributed by atoms with E-state index in [-0.39, 0.29) is 5.69 Å². The summed E-state index contributed by atoms with van der Waals surface area (Å²) in [5.74, 6) is 0.0840. The first kappa shape index (κ1) is 21.7. The number of para-hydroxylation sites is 1. The number of H-pyrrole nitrogens is 1. The maximum atomic E-state index is 12.5. The van der Waals surface area contributed by atoms with E-state index in [0.29, 0.717) is 23.6 Å². The molecular formula is C26H22N4O3. The summed E-state index contributed by atoms with van der Waals surface area (Å²) in [5, 5.41) is 4.03. The van der Waals surface area contributed by atoms with Gasteiger partial charge in [-0.15, -0.1) is 0 Å². The van der Waals surface area contributed by atoms with Crippen molar-refractivity contribution in [2.75, 3.05) is 0 Å². The summed E-state index contributed by atoms with van der Waals surface area (Å²) < 4.78 is 5.93.